The first-order valence-corrected chi connectivity index (χ1v) is 7.77. The number of nitrogens with one attached hydrogen (secondary N) is 1. The fourth-order valence-corrected chi connectivity index (χ4v) is 1.97. The molecule has 0 aliphatic heterocycles. The van der Waals surface area contributed by atoms with E-state index in [1.54, 1.807) is 12.1 Å². The van der Waals surface area contributed by atoms with Crippen molar-refractivity contribution in [1.29, 1.82) is 0 Å². The van der Waals surface area contributed by atoms with Gasteiger partial charge in [-0.25, -0.2) is 4.98 Å². The third kappa shape index (κ3) is 6.26. The second-order valence-electron chi connectivity index (χ2n) is 4.82. The van der Waals surface area contributed by atoms with Crippen LogP contribution < -0.4 is 10.1 Å². The van der Waals surface area contributed by atoms with Crippen molar-refractivity contribution < 1.29 is 19.1 Å². The third-order valence-corrected chi connectivity index (χ3v) is 3.24. The summed E-state index contributed by atoms with van der Waals surface area (Å²) in [5.74, 6) is -0.184. The Balaban J connectivity index is 1.60. The highest BCUT2D eigenvalue weighted by Gasteiger charge is 2.09. The summed E-state index contributed by atoms with van der Waals surface area (Å²) in [4.78, 5) is 27.1. The predicted octanol–water partition coefficient (Wildman–Crippen LogP) is 3.08. The van der Waals surface area contributed by atoms with Gasteiger partial charge in [-0.3, -0.25) is 9.59 Å². The van der Waals surface area contributed by atoms with Crippen molar-refractivity contribution in [3.8, 4) is 5.75 Å². The maximum Gasteiger partial charge on any atom is 0.306 e. The van der Waals surface area contributed by atoms with E-state index in [2.05, 4.69) is 10.3 Å². The van der Waals surface area contributed by atoms with Crippen LogP contribution in [0.15, 0.2) is 48.7 Å². The fraction of sp³-hybridized carbons (Fsp3) is 0.235. The van der Waals surface area contributed by atoms with Crippen molar-refractivity contribution in [1.82, 2.24) is 4.98 Å². The molecule has 0 aliphatic rings. The zero-order chi connectivity index (χ0) is 17.2. The van der Waals surface area contributed by atoms with Crippen LogP contribution in [0.5, 0.6) is 5.75 Å². The molecule has 1 N–H and O–H groups in total. The molecule has 0 unspecified atom stereocenters. The van der Waals surface area contributed by atoms with Gasteiger partial charge in [-0.2, -0.15) is 0 Å². The number of carbonyl (C=O) groups excluding carboxylic acids is 2. The van der Waals surface area contributed by atoms with Crippen molar-refractivity contribution in [2.24, 2.45) is 0 Å². The molecule has 126 valence electrons. The summed E-state index contributed by atoms with van der Waals surface area (Å²) in [6, 6.07) is 12.6. The maximum atomic E-state index is 11.7. The third-order valence-electron chi connectivity index (χ3n) is 2.93. The second-order valence-corrected chi connectivity index (χ2v) is 5.17. The average Bonchev–Trinajstić information content (AvgIpc) is 2.60. The van der Waals surface area contributed by atoms with Crippen LogP contribution in [0.3, 0.4) is 0 Å². The van der Waals surface area contributed by atoms with Gasteiger partial charge in [-0.1, -0.05) is 29.8 Å². The highest BCUT2D eigenvalue weighted by molar-refractivity contribution is 6.32. The molecule has 1 heterocycles. The molecule has 1 amide bonds. The molecule has 7 heteroatoms. The summed E-state index contributed by atoms with van der Waals surface area (Å²) in [5, 5.41) is 2.70. The molecule has 0 saturated carbocycles. The lowest BCUT2D eigenvalue weighted by Crippen LogP contribution is -2.21. The van der Waals surface area contributed by atoms with Crippen LogP contribution in [-0.2, 0) is 14.3 Å². The van der Waals surface area contributed by atoms with Crippen LogP contribution in [0.4, 0.5) is 5.69 Å². The Morgan fingerprint density at radius 3 is 2.67 bits per heavy atom. The number of hydrogen-bond acceptors (Lipinski definition) is 5. The molecule has 0 fully saturated rings. The fourth-order valence-electron chi connectivity index (χ4n) is 1.81. The molecule has 0 saturated heterocycles. The van der Waals surface area contributed by atoms with E-state index < -0.39 is 11.9 Å². The first kappa shape index (κ1) is 17.7. The van der Waals surface area contributed by atoms with E-state index in [-0.39, 0.29) is 18.2 Å². The summed E-state index contributed by atoms with van der Waals surface area (Å²) >= 11 is 5.82. The average molecular weight is 349 g/mol. The molecular formula is C17H17ClN2O4. The number of amides is 1. The molecule has 1 aromatic heterocycles. The Morgan fingerprint density at radius 2 is 1.92 bits per heavy atom. The first-order valence-electron chi connectivity index (χ1n) is 7.39. The zero-order valence-electron chi connectivity index (χ0n) is 12.9. The van der Waals surface area contributed by atoms with Crippen molar-refractivity contribution in [2.75, 3.05) is 18.5 Å². The number of para-hydroxylation sites is 1. The molecule has 1 aromatic carbocycles. The van der Waals surface area contributed by atoms with Crippen LogP contribution >= 0.6 is 11.6 Å². The lowest BCUT2D eigenvalue weighted by molar-refractivity contribution is -0.147. The van der Waals surface area contributed by atoms with Gasteiger partial charge in [0.25, 0.3) is 5.91 Å². The molecule has 2 aromatic rings. The van der Waals surface area contributed by atoms with Crippen molar-refractivity contribution in [3.63, 3.8) is 0 Å². The van der Waals surface area contributed by atoms with Gasteiger partial charge in [0.2, 0.25) is 0 Å². The number of anilines is 1. The molecule has 2 rings (SSSR count). The van der Waals surface area contributed by atoms with E-state index in [4.69, 9.17) is 21.1 Å². The number of benzene rings is 1. The lowest BCUT2D eigenvalue weighted by atomic mass is 10.3. The monoisotopic (exact) mass is 348 g/mol. The Morgan fingerprint density at radius 1 is 1.12 bits per heavy atom. The molecule has 0 aliphatic carbocycles. The topological polar surface area (TPSA) is 77.5 Å². The summed E-state index contributed by atoms with van der Waals surface area (Å²) in [5.41, 5.74) is 0.372. The highest BCUT2D eigenvalue weighted by atomic mass is 35.5. The van der Waals surface area contributed by atoms with Crippen molar-refractivity contribution in [2.45, 2.75) is 12.8 Å². The summed E-state index contributed by atoms with van der Waals surface area (Å²) < 4.78 is 10.4. The Hall–Kier alpha value is -2.60. The highest BCUT2D eigenvalue weighted by Crippen LogP contribution is 2.17. The molecular weight excluding hydrogens is 332 g/mol. The number of carbonyl (C=O) groups is 2. The molecule has 0 radical (unpaired) electrons. The number of nitrogens with zero attached hydrogens (tertiary/aromatic N) is 1. The van der Waals surface area contributed by atoms with Crippen LogP contribution in [0.1, 0.15) is 12.8 Å². The number of pyridine rings is 1. The predicted molar refractivity (Wildman–Crippen MR) is 90.0 cm³/mol. The minimum atomic E-state index is -0.473. The van der Waals surface area contributed by atoms with Crippen LogP contribution in [-0.4, -0.2) is 30.1 Å². The number of aromatic nitrogens is 1. The Labute approximate surface area is 144 Å². The Bertz CT molecular complexity index is 679. The molecule has 0 bridgehead atoms. The van der Waals surface area contributed by atoms with Crippen LogP contribution in [0.2, 0.25) is 5.15 Å². The largest absolute Gasteiger partial charge is 0.494 e. The van der Waals surface area contributed by atoms with E-state index >= 15 is 0 Å². The standard InChI is InChI=1S/C17H17ClN2O4/c18-17-14(8-4-10-19-17)20-15(21)12-24-16(22)9-5-11-23-13-6-2-1-3-7-13/h1-4,6-8,10H,5,9,11-12H2,(H,20,21). The van der Waals surface area contributed by atoms with Crippen LogP contribution in [0.25, 0.3) is 0 Å². The van der Waals surface area contributed by atoms with Gasteiger partial charge in [-0.15, -0.1) is 0 Å². The van der Waals surface area contributed by atoms with Crippen molar-refractivity contribution in [3.05, 3.63) is 53.8 Å². The number of rotatable bonds is 8. The first-order chi connectivity index (χ1) is 11.6. The zero-order valence-corrected chi connectivity index (χ0v) is 13.7. The maximum absolute atomic E-state index is 11.7. The van der Waals surface area contributed by atoms with Gasteiger partial charge in [0.15, 0.2) is 11.8 Å². The van der Waals surface area contributed by atoms with E-state index in [1.807, 2.05) is 30.3 Å². The summed E-state index contributed by atoms with van der Waals surface area (Å²) in [6.45, 7) is 0.0280. The second kappa shape index (κ2) is 9.52. The lowest BCUT2D eigenvalue weighted by Gasteiger charge is -2.08. The minimum absolute atomic E-state index is 0.174. The summed E-state index contributed by atoms with van der Waals surface area (Å²) in [6.07, 6.45) is 2.19. The normalized spacial score (nSPS) is 10.0. The van der Waals surface area contributed by atoms with Gasteiger partial charge in [0.05, 0.1) is 12.3 Å². The summed E-state index contributed by atoms with van der Waals surface area (Å²) in [7, 11) is 0. The van der Waals surface area contributed by atoms with Gasteiger partial charge in [0, 0.05) is 12.6 Å². The van der Waals surface area contributed by atoms with Crippen molar-refractivity contribution >= 4 is 29.2 Å². The minimum Gasteiger partial charge on any atom is -0.494 e. The molecule has 24 heavy (non-hydrogen) atoms. The van der Waals surface area contributed by atoms with Gasteiger partial charge in [0.1, 0.15) is 5.75 Å². The smallest absolute Gasteiger partial charge is 0.306 e. The number of ether oxygens (including phenoxy) is 2. The quantitative estimate of drug-likeness (QED) is 0.450. The van der Waals surface area contributed by atoms with Crippen LogP contribution in [0, 0.1) is 0 Å². The van der Waals surface area contributed by atoms with E-state index in [0.717, 1.165) is 5.75 Å². The number of halogens is 1. The number of esters is 1. The van der Waals surface area contributed by atoms with E-state index in [9.17, 15) is 9.59 Å². The van der Waals surface area contributed by atoms with Gasteiger partial charge < -0.3 is 14.8 Å². The Kier molecular flexibility index (Phi) is 7.04. The van der Waals surface area contributed by atoms with Gasteiger partial charge >= 0.3 is 5.97 Å². The van der Waals surface area contributed by atoms with Gasteiger partial charge in [-0.05, 0) is 30.7 Å². The SMILES string of the molecule is O=C(COC(=O)CCCOc1ccccc1)Nc1cccnc1Cl. The number of hydrogen-bond donors (Lipinski definition) is 1. The molecule has 6 nitrogen and oxygen atoms in total. The molecule has 0 atom stereocenters. The van der Waals surface area contributed by atoms with E-state index in [1.165, 1.54) is 6.20 Å². The molecule has 0 spiro atoms. The van der Waals surface area contributed by atoms with E-state index in [0.29, 0.717) is 18.7 Å².